The van der Waals surface area contributed by atoms with Gasteiger partial charge in [-0.05, 0) is 23.1 Å². The molecule has 5 heteroatoms. The first-order valence-electron chi connectivity index (χ1n) is 7.50. The normalized spacial score (nSPS) is 12.2. The third-order valence-corrected chi connectivity index (χ3v) is 3.81. The fourth-order valence-electron chi connectivity index (χ4n) is 2.48. The lowest BCUT2D eigenvalue weighted by Crippen LogP contribution is -2.10. The Morgan fingerprint density at radius 3 is 2.82 bits per heavy atom. The average molecular weight is 298 g/mol. The van der Waals surface area contributed by atoms with E-state index in [9.17, 15) is 0 Å². The number of hydrogen-bond donors (Lipinski definition) is 1. The summed E-state index contributed by atoms with van der Waals surface area (Å²) in [6.07, 6.45) is 3.74. The molecular formula is C17H22N4O. The van der Waals surface area contributed by atoms with E-state index in [2.05, 4.69) is 53.9 Å². The fourth-order valence-corrected chi connectivity index (χ4v) is 2.48. The number of ether oxygens (including phenoxy) is 1. The van der Waals surface area contributed by atoms with E-state index >= 15 is 0 Å². The van der Waals surface area contributed by atoms with Crippen LogP contribution in [0.4, 0.5) is 0 Å². The third-order valence-electron chi connectivity index (χ3n) is 3.81. The van der Waals surface area contributed by atoms with Gasteiger partial charge in [-0.3, -0.25) is 0 Å². The van der Waals surface area contributed by atoms with Gasteiger partial charge in [-0.15, -0.1) is 0 Å². The van der Waals surface area contributed by atoms with Gasteiger partial charge in [-0.25, -0.2) is 9.97 Å². The predicted octanol–water partition coefficient (Wildman–Crippen LogP) is 3.37. The molecule has 0 unspecified atom stereocenters. The largest absolute Gasteiger partial charge is 0.383 e. The first-order valence-corrected chi connectivity index (χ1v) is 7.50. The summed E-state index contributed by atoms with van der Waals surface area (Å²) in [6.45, 7) is 8.04. The lowest BCUT2D eigenvalue weighted by atomic mass is 9.87. The third kappa shape index (κ3) is 2.76. The molecule has 2 aromatic heterocycles. The SMILES string of the molecule is COCCn1ccnc1-c1nc2ccc(C(C)(C)C)cc2[nH]1. The van der Waals surface area contributed by atoms with Gasteiger partial charge in [0.1, 0.15) is 0 Å². The second kappa shape index (κ2) is 5.57. The number of hydrogen-bond acceptors (Lipinski definition) is 3. The predicted molar refractivity (Wildman–Crippen MR) is 87.9 cm³/mol. The van der Waals surface area contributed by atoms with Crippen LogP contribution in [-0.2, 0) is 16.7 Å². The Kier molecular flexibility index (Phi) is 3.74. The minimum atomic E-state index is 0.121. The molecule has 0 aliphatic carbocycles. The highest BCUT2D eigenvalue weighted by Crippen LogP contribution is 2.26. The zero-order chi connectivity index (χ0) is 15.7. The van der Waals surface area contributed by atoms with Gasteiger partial charge in [0.15, 0.2) is 11.6 Å². The van der Waals surface area contributed by atoms with Crippen LogP contribution in [-0.4, -0.2) is 33.2 Å². The summed E-state index contributed by atoms with van der Waals surface area (Å²) in [4.78, 5) is 12.5. The van der Waals surface area contributed by atoms with E-state index in [1.807, 2.05) is 10.8 Å². The molecule has 5 nitrogen and oxygen atoms in total. The van der Waals surface area contributed by atoms with Crippen molar-refractivity contribution in [3.63, 3.8) is 0 Å². The molecule has 116 valence electrons. The second-order valence-corrected chi connectivity index (χ2v) is 6.50. The van der Waals surface area contributed by atoms with Crippen LogP contribution in [0.3, 0.4) is 0 Å². The molecule has 0 amide bonds. The number of aromatic amines is 1. The highest BCUT2D eigenvalue weighted by molar-refractivity contribution is 5.79. The van der Waals surface area contributed by atoms with Gasteiger partial charge in [0.05, 0.1) is 17.6 Å². The van der Waals surface area contributed by atoms with Gasteiger partial charge < -0.3 is 14.3 Å². The molecule has 0 atom stereocenters. The topological polar surface area (TPSA) is 55.7 Å². The van der Waals surface area contributed by atoms with Crippen molar-refractivity contribution in [2.24, 2.45) is 0 Å². The van der Waals surface area contributed by atoms with Crippen LogP contribution in [0.25, 0.3) is 22.7 Å². The Labute approximate surface area is 130 Å². The van der Waals surface area contributed by atoms with Crippen LogP contribution in [0.15, 0.2) is 30.6 Å². The summed E-state index contributed by atoms with van der Waals surface area (Å²) in [5, 5.41) is 0. The minimum absolute atomic E-state index is 0.121. The Hall–Kier alpha value is -2.14. The van der Waals surface area contributed by atoms with Crippen LogP contribution in [0.1, 0.15) is 26.3 Å². The van der Waals surface area contributed by atoms with E-state index in [-0.39, 0.29) is 5.41 Å². The molecule has 0 spiro atoms. The number of aromatic nitrogens is 4. The Balaban J connectivity index is 2.00. The Bertz CT molecular complexity index is 779. The number of imidazole rings is 2. The van der Waals surface area contributed by atoms with Gasteiger partial charge in [-0.2, -0.15) is 0 Å². The number of nitrogens with one attached hydrogen (secondary N) is 1. The van der Waals surface area contributed by atoms with Crippen molar-refractivity contribution in [3.05, 3.63) is 36.2 Å². The van der Waals surface area contributed by atoms with Crippen molar-refractivity contribution < 1.29 is 4.74 Å². The number of rotatable bonds is 4. The maximum absolute atomic E-state index is 5.14. The highest BCUT2D eigenvalue weighted by Gasteiger charge is 2.16. The molecule has 0 saturated heterocycles. The first-order chi connectivity index (χ1) is 10.5. The number of methoxy groups -OCH3 is 1. The molecule has 2 heterocycles. The standard InChI is InChI=1S/C17H22N4O/c1-17(2,3)12-5-6-13-14(11-12)20-15(19-13)16-18-7-8-21(16)9-10-22-4/h5-8,11H,9-10H2,1-4H3,(H,19,20). The van der Waals surface area contributed by atoms with Crippen molar-refractivity contribution in [2.45, 2.75) is 32.7 Å². The molecule has 0 aliphatic heterocycles. The summed E-state index contributed by atoms with van der Waals surface area (Å²) < 4.78 is 7.19. The molecule has 22 heavy (non-hydrogen) atoms. The van der Waals surface area contributed by atoms with Crippen molar-refractivity contribution in [3.8, 4) is 11.6 Å². The molecule has 0 radical (unpaired) electrons. The van der Waals surface area contributed by atoms with E-state index in [0.29, 0.717) is 6.61 Å². The highest BCUT2D eigenvalue weighted by atomic mass is 16.5. The summed E-state index contributed by atoms with van der Waals surface area (Å²) in [5.41, 5.74) is 3.42. The second-order valence-electron chi connectivity index (χ2n) is 6.50. The van der Waals surface area contributed by atoms with E-state index in [1.54, 1.807) is 13.3 Å². The summed E-state index contributed by atoms with van der Waals surface area (Å²) in [5.74, 6) is 1.63. The summed E-state index contributed by atoms with van der Waals surface area (Å²) in [6, 6.07) is 6.39. The van der Waals surface area contributed by atoms with Crippen molar-refractivity contribution in [1.29, 1.82) is 0 Å². The average Bonchev–Trinajstić information content (AvgIpc) is 3.09. The van der Waals surface area contributed by atoms with Crippen LogP contribution in [0, 0.1) is 0 Å². The van der Waals surface area contributed by atoms with Gasteiger partial charge in [-0.1, -0.05) is 26.8 Å². The zero-order valence-electron chi connectivity index (χ0n) is 13.6. The molecule has 0 fully saturated rings. The molecule has 0 saturated carbocycles. The number of H-pyrrole nitrogens is 1. The first kappa shape index (κ1) is 14.8. The smallest absolute Gasteiger partial charge is 0.176 e. The van der Waals surface area contributed by atoms with Gasteiger partial charge >= 0.3 is 0 Å². The van der Waals surface area contributed by atoms with Gasteiger partial charge in [0.25, 0.3) is 0 Å². The van der Waals surface area contributed by atoms with Crippen molar-refractivity contribution in [1.82, 2.24) is 19.5 Å². The number of benzene rings is 1. The monoisotopic (exact) mass is 298 g/mol. The van der Waals surface area contributed by atoms with Gasteiger partial charge in [0.2, 0.25) is 0 Å². The van der Waals surface area contributed by atoms with Gasteiger partial charge in [0, 0.05) is 26.0 Å². The summed E-state index contributed by atoms with van der Waals surface area (Å²) >= 11 is 0. The van der Waals surface area contributed by atoms with Crippen LogP contribution >= 0.6 is 0 Å². The molecule has 3 aromatic rings. The molecule has 1 N–H and O–H groups in total. The van der Waals surface area contributed by atoms with E-state index in [4.69, 9.17) is 4.74 Å². The molecule has 0 bridgehead atoms. The number of fused-ring (bicyclic) bond motifs is 1. The fraction of sp³-hybridized carbons (Fsp3) is 0.412. The minimum Gasteiger partial charge on any atom is -0.383 e. The molecular weight excluding hydrogens is 276 g/mol. The molecule has 1 aromatic carbocycles. The van der Waals surface area contributed by atoms with E-state index < -0.39 is 0 Å². The van der Waals surface area contributed by atoms with Crippen LogP contribution in [0.5, 0.6) is 0 Å². The molecule has 3 rings (SSSR count). The summed E-state index contributed by atoms with van der Waals surface area (Å²) in [7, 11) is 1.70. The van der Waals surface area contributed by atoms with Crippen molar-refractivity contribution in [2.75, 3.05) is 13.7 Å². The van der Waals surface area contributed by atoms with Crippen molar-refractivity contribution >= 4 is 11.0 Å². The molecule has 0 aliphatic rings. The van der Waals surface area contributed by atoms with E-state index in [0.717, 1.165) is 29.2 Å². The lowest BCUT2D eigenvalue weighted by molar-refractivity contribution is 0.187. The van der Waals surface area contributed by atoms with Crippen LogP contribution < -0.4 is 0 Å². The Morgan fingerprint density at radius 2 is 2.09 bits per heavy atom. The Morgan fingerprint density at radius 1 is 1.27 bits per heavy atom. The zero-order valence-corrected chi connectivity index (χ0v) is 13.6. The maximum Gasteiger partial charge on any atom is 0.176 e. The quantitative estimate of drug-likeness (QED) is 0.803. The lowest BCUT2D eigenvalue weighted by Gasteiger charge is -2.18. The number of nitrogens with zero attached hydrogens (tertiary/aromatic N) is 3. The van der Waals surface area contributed by atoms with E-state index in [1.165, 1.54) is 5.56 Å². The maximum atomic E-state index is 5.14. The van der Waals surface area contributed by atoms with Crippen LogP contribution in [0.2, 0.25) is 0 Å².